The number of aryl methyl sites for hydroxylation is 1. The lowest BCUT2D eigenvalue weighted by Crippen LogP contribution is -2.51. The summed E-state index contributed by atoms with van der Waals surface area (Å²) in [5.41, 5.74) is 0.459. The largest absolute Gasteiger partial charge is 0.338 e. The van der Waals surface area contributed by atoms with Crippen molar-refractivity contribution >= 4 is 33.2 Å². The molecule has 2 heterocycles. The van der Waals surface area contributed by atoms with Gasteiger partial charge >= 0.3 is 5.69 Å². The van der Waals surface area contributed by atoms with Gasteiger partial charge in [0, 0.05) is 31.2 Å². The van der Waals surface area contributed by atoms with Gasteiger partial charge in [0.1, 0.15) is 17.9 Å². The molecule has 1 saturated heterocycles. The van der Waals surface area contributed by atoms with Gasteiger partial charge in [-0.05, 0) is 38.1 Å². The number of amides is 1. The lowest BCUT2D eigenvalue weighted by atomic mass is 10.3. The van der Waals surface area contributed by atoms with E-state index in [1.165, 1.54) is 45.1 Å². The van der Waals surface area contributed by atoms with E-state index < -0.39 is 14.9 Å². The van der Waals surface area contributed by atoms with Gasteiger partial charge in [0.25, 0.3) is 0 Å². The molecule has 0 bridgehead atoms. The molecule has 1 aromatic heterocycles. The molecule has 2 aromatic rings. The number of benzene rings is 1. The molecular weight excluding hydrogens is 422 g/mol. The molecule has 10 nitrogen and oxygen atoms in total. The van der Waals surface area contributed by atoms with E-state index in [2.05, 4.69) is 5.10 Å². The molecule has 12 heteroatoms. The van der Waals surface area contributed by atoms with Crippen molar-refractivity contribution in [2.75, 3.05) is 26.2 Å². The van der Waals surface area contributed by atoms with Crippen molar-refractivity contribution < 1.29 is 18.1 Å². The number of piperazine rings is 1. The zero-order valence-corrected chi connectivity index (χ0v) is 17.5. The predicted molar refractivity (Wildman–Crippen MR) is 105 cm³/mol. The van der Waals surface area contributed by atoms with E-state index in [4.69, 9.17) is 11.6 Å². The predicted octanol–water partition coefficient (Wildman–Crippen LogP) is 1.59. The number of halogens is 1. The number of nitro groups is 1. The van der Waals surface area contributed by atoms with Gasteiger partial charge in [-0.2, -0.15) is 9.40 Å². The number of carbonyl (C=O) groups excluding carboxylic acids is 1. The van der Waals surface area contributed by atoms with Gasteiger partial charge in [-0.15, -0.1) is 0 Å². The van der Waals surface area contributed by atoms with Crippen molar-refractivity contribution in [3.05, 3.63) is 50.8 Å². The number of sulfonamides is 1. The van der Waals surface area contributed by atoms with Crippen LogP contribution in [0, 0.1) is 24.0 Å². The van der Waals surface area contributed by atoms with E-state index in [0.717, 1.165) is 0 Å². The Kier molecular flexibility index (Phi) is 5.92. The normalized spacial score (nSPS) is 15.5. The highest BCUT2D eigenvalue weighted by Crippen LogP contribution is 2.23. The van der Waals surface area contributed by atoms with Crippen LogP contribution in [0.3, 0.4) is 0 Å². The van der Waals surface area contributed by atoms with Gasteiger partial charge in [0.2, 0.25) is 15.9 Å². The van der Waals surface area contributed by atoms with Crippen LogP contribution in [0.2, 0.25) is 5.02 Å². The summed E-state index contributed by atoms with van der Waals surface area (Å²) < 4.78 is 28.1. The number of hydrogen-bond acceptors (Lipinski definition) is 6. The highest BCUT2D eigenvalue weighted by atomic mass is 35.5. The monoisotopic (exact) mass is 441 g/mol. The number of aromatic nitrogens is 2. The van der Waals surface area contributed by atoms with E-state index in [1.807, 2.05) is 0 Å². The molecule has 0 saturated carbocycles. The molecule has 3 rings (SSSR count). The quantitative estimate of drug-likeness (QED) is 0.513. The van der Waals surface area contributed by atoms with Gasteiger partial charge in [0.15, 0.2) is 0 Å². The maximum absolute atomic E-state index is 12.7. The van der Waals surface area contributed by atoms with Crippen LogP contribution in [0.25, 0.3) is 0 Å². The SMILES string of the molecule is Cc1nn(CC(=O)N2CCN(S(=O)(=O)c3ccc(Cl)cc3)CC2)c(C)c1[N+](=O)[O-]. The second-order valence-corrected chi connectivity index (χ2v) is 9.05. The second-order valence-electron chi connectivity index (χ2n) is 6.67. The number of hydrogen-bond donors (Lipinski definition) is 0. The van der Waals surface area contributed by atoms with Gasteiger partial charge in [-0.3, -0.25) is 19.6 Å². The Bertz CT molecular complexity index is 1040. The zero-order chi connectivity index (χ0) is 21.3. The van der Waals surface area contributed by atoms with Gasteiger partial charge in [-0.1, -0.05) is 11.6 Å². The number of nitrogens with zero attached hydrogens (tertiary/aromatic N) is 5. The topological polar surface area (TPSA) is 119 Å². The van der Waals surface area contributed by atoms with E-state index in [-0.39, 0.29) is 54.9 Å². The van der Waals surface area contributed by atoms with Crippen molar-refractivity contribution in [2.45, 2.75) is 25.3 Å². The van der Waals surface area contributed by atoms with Crippen LogP contribution in [0.4, 0.5) is 5.69 Å². The molecule has 156 valence electrons. The van der Waals surface area contributed by atoms with Gasteiger partial charge in [-0.25, -0.2) is 8.42 Å². The Morgan fingerprint density at radius 3 is 2.28 bits per heavy atom. The number of rotatable bonds is 5. The van der Waals surface area contributed by atoms with Crippen molar-refractivity contribution in [1.29, 1.82) is 0 Å². The molecule has 0 aliphatic carbocycles. The third-order valence-electron chi connectivity index (χ3n) is 4.85. The molecule has 1 aliphatic heterocycles. The summed E-state index contributed by atoms with van der Waals surface area (Å²) in [7, 11) is -3.66. The molecule has 1 fully saturated rings. The molecule has 1 amide bonds. The van der Waals surface area contributed by atoms with Crippen molar-refractivity contribution in [3.63, 3.8) is 0 Å². The average Bonchev–Trinajstić information content (AvgIpc) is 2.95. The summed E-state index contributed by atoms with van der Waals surface area (Å²) >= 11 is 5.81. The van der Waals surface area contributed by atoms with Gasteiger partial charge < -0.3 is 4.90 Å². The fourth-order valence-corrected chi connectivity index (χ4v) is 4.82. The fourth-order valence-electron chi connectivity index (χ4n) is 3.27. The molecule has 0 spiro atoms. The van der Waals surface area contributed by atoms with Crippen LogP contribution in [0.5, 0.6) is 0 Å². The van der Waals surface area contributed by atoms with E-state index in [0.29, 0.717) is 10.7 Å². The third-order valence-corrected chi connectivity index (χ3v) is 7.02. The summed E-state index contributed by atoms with van der Waals surface area (Å²) in [5.74, 6) is -0.269. The van der Waals surface area contributed by atoms with Crippen LogP contribution in [0.15, 0.2) is 29.2 Å². The summed E-state index contributed by atoms with van der Waals surface area (Å²) in [4.78, 5) is 24.9. The minimum Gasteiger partial charge on any atom is -0.338 e. The van der Waals surface area contributed by atoms with Crippen LogP contribution in [-0.2, 0) is 21.4 Å². The Labute approximate surface area is 172 Å². The Balaban J connectivity index is 1.65. The summed E-state index contributed by atoms with van der Waals surface area (Å²) in [6.45, 7) is 3.71. The van der Waals surface area contributed by atoms with Crippen molar-refractivity contribution in [1.82, 2.24) is 19.0 Å². The molecule has 0 atom stereocenters. The first-order valence-electron chi connectivity index (χ1n) is 8.83. The summed E-state index contributed by atoms with van der Waals surface area (Å²) in [6.07, 6.45) is 0. The second kappa shape index (κ2) is 8.09. The third kappa shape index (κ3) is 4.26. The maximum Gasteiger partial charge on any atom is 0.312 e. The molecular formula is C17H20ClN5O5S. The van der Waals surface area contributed by atoms with Crippen LogP contribution in [-0.4, -0.2) is 64.4 Å². The molecule has 0 N–H and O–H groups in total. The first-order valence-corrected chi connectivity index (χ1v) is 10.6. The highest BCUT2D eigenvalue weighted by molar-refractivity contribution is 7.89. The highest BCUT2D eigenvalue weighted by Gasteiger charge is 2.31. The van der Waals surface area contributed by atoms with Gasteiger partial charge in [0.05, 0.1) is 9.82 Å². The van der Waals surface area contributed by atoms with E-state index in [1.54, 1.807) is 6.92 Å². The Hall–Kier alpha value is -2.50. The van der Waals surface area contributed by atoms with E-state index in [9.17, 15) is 23.3 Å². The van der Waals surface area contributed by atoms with Crippen molar-refractivity contribution in [3.8, 4) is 0 Å². The molecule has 29 heavy (non-hydrogen) atoms. The summed E-state index contributed by atoms with van der Waals surface area (Å²) in [6, 6.07) is 5.93. The zero-order valence-electron chi connectivity index (χ0n) is 15.9. The van der Waals surface area contributed by atoms with Crippen LogP contribution < -0.4 is 0 Å². The standard InChI is InChI=1S/C17H20ClN5O5S/c1-12-17(23(25)26)13(2)22(19-12)11-16(24)20-7-9-21(10-8-20)29(27,28)15-5-3-14(18)4-6-15/h3-6H,7-11H2,1-2H3. The molecule has 0 unspecified atom stereocenters. The first-order chi connectivity index (χ1) is 13.6. The van der Waals surface area contributed by atoms with E-state index >= 15 is 0 Å². The molecule has 1 aromatic carbocycles. The molecule has 1 aliphatic rings. The first kappa shape index (κ1) is 21.2. The van der Waals surface area contributed by atoms with Crippen molar-refractivity contribution in [2.24, 2.45) is 0 Å². The fraction of sp³-hybridized carbons (Fsp3) is 0.412. The Morgan fingerprint density at radius 1 is 1.17 bits per heavy atom. The minimum atomic E-state index is -3.66. The number of carbonyl (C=O) groups is 1. The average molecular weight is 442 g/mol. The summed E-state index contributed by atoms with van der Waals surface area (Å²) in [5, 5.41) is 15.6. The lowest BCUT2D eigenvalue weighted by molar-refractivity contribution is -0.386. The lowest BCUT2D eigenvalue weighted by Gasteiger charge is -2.34. The van der Waals surface area contributed by atoms with Crippen LogP contribution >= 0.6 is 11.6 Å². The Morgan fingerprint density at radius 2 is 1.76 bits per heavy atom. The smallest absolute Gasteiger partial charge is 0.312 e. The van der Waals surface area contributed by atoms with Crippen LogP contribution in [0.1, 0.15) is 11.4 Å². The molecule has 0 radical (unpaired) electrons. The minimum absolute atomic E-state index is 0.100. The maximum atomic E-state index is 12.7.